The van der Waals surface area contributed by atoms with Crippen molar-refractivity contribution in [1.29, 1.82) is 0 Å². The van der Waals surface area contributed by atoms with Gasteiger partial charge in [-0.25, -0.2) is 0 Å². The number of aliphatic hydroxyl groups is 1. The van der Waals surface area contributed by atoms with Crippen LogP contribution in [0.5, 0.6) is 23.0 Å². The lowest BCUT2D eigenvalue weighted by molar-refractivity contribution is -0.140. The third-order valence-corrected chi connectivity index (χ3v) is 6.18. The van der Waals surface area contributed by atoms with E-state index < -0.39 is 17.7 Å². The molecule has 0 bridgehead atoms. The minimum absolute atomic E-state index is 0.0297. The van der Waals surface area contributed by atoms with E-state index in [1.165, 1.54) is 19.1 Å². The zero-order chi connectivity index (χ0) is 25.2. The molecule has 184 valence electrons. The van der Waals surface area contributed by atoms with Crippen LogP contribution in [0.25, 0.3) is 5.76 Å². The topological polar surface area (TPSA) is 107 Å². The second kappa shape index (κ2) is 9.61. The summed E-state index contributed by atoms with van der Waals surface area (Å²) >= 11 is 0. The number of ether oxygens (including phenoxy) is 4. The third kappa shape index (κ3) is 4.08. The summed E-state index contributed by atoms with van der Waals surface area (Å²) in [6, 6.07) is 12.7. The fraction of sp³-hybridized carbons (Fsp3) is 0.222. The number of amides is 1. The molecule has 0 radical (unpaired) electrons. The van der Waals surface area contributed by atoms with Crippen molar-refractivity contribution in [2.24, 2.45) is 0 Å². The number of hydrogen-bond donors (Lipinski definition) is 1. The van der Waals surface area contributed by atoms with Gasteiger partial charge in [0.2, 0.25) is 0 Å². The summed E-state index contributed by atoms with van der Waals surface area (Å²) in [5, 5.41) is 11.4. The van der Waals surface area contributed by atoms with Crippen LogP contribution >= 0.6 is 0 Å². The van der Waals surface area contributed by atoms with Crippen LogP contribution in [0.4, 0.5) is 0 Å². The Kier molecular flexibility index (Phi) is 6.20. The van der Waals surface area contributed by atoms with E-state index in [2.05, 4.69) is 4.98 Å². The number of carbonyl (C=O) groups is 2. The first kappa shape index (κ1) is 23.2. The summed E-state index contributed by atoms with van der Waals surface area (Å²) in [5.41, 5.74) is 1.68. The summed E-state index contributed by atoms with van der Waals surface area (Å²) in [6.45, 7) is 0.945. The molecular formula is C27H24N2O7. The van der Waals surface area contributed by atoms with E-state index in [-0.39, 0.29) is 17.9 Å². The molecule has 0 saturated carbocycles. The Hall–Kier alpha value is -4.53. The van der Waals surface area contributed by atoms with Gasteiger partial charge in [0.05, 0.1) is 25.8 Å². The molecule has 1 fully saturated rings. The smallest absolute Gasteiger partial charge is 0.295 e. The molecule has 9 nitrogen and oxygen atoms in total. The molecule has 5 rings (SSSR count). The molecule has 1 saturated heterocycles. The van der Waals surface area contributed by atoms with E-state index in [4.69, 9.17) is 18.9 Å². The first-order chi connectivity index (χ1) is 17.5. The quantitative estimate of drug-likeness (QED) is 0.319. The van der Waals surface area contributed by atoms with Crippen molar-refractivity contribution in [2.75, 3.05) is 27.4 Å². The molecular weight excluding hydrogens is 464 g/mol. The number of benzene rings is 2. The molecule has 0 spiro atoms. The Bertz CT molecular complexity index is 1350. The highest BCUT2D eigenvalue weighted by Crippen LogP contribution is 2.43. The molecule has 0 aliphatic carbocycles. The molecule has 2 aliphatic rings. The predicted molar refractivity (Wildman–Crippen MR) is 129 cm³/mol. The van der Waals surface area contributed by atoms with Gasteiger partial charge < -0.3 is 29.0 Å². The van der Waals surface area contributed by atoms with Crippen LogP contribution < -0.4 is 18.9 Å². The van der Waals surface area contributed by atoms with Crippen LogP contribution in [0.2, 0.25) is 0 Å². The maximum absolute atomic E-state index is 13.3. The molecule has 1 aromatic heterocycles. The van der Waals surface area contributed by atoms with E-state index in [0.29, 0.717) is 47.3 Å². The standard InChI is InChI=1S/C27H24N2O7/c1-33-19-5-3-17(13-21(19)34-2)24-23(25(30)18-4-6-20-22(14-18)36-12-11-35-20)26(31)27(32)29(24)15-16-7-9-28-10-8-16/h3-10,13-14,24,30H,11-12,15H2,1-2H3/b25-23+. The minimum atomic E-state index is -0.869. The maximum atomic E-state index is 13.3. The third-order valence-electron chi connectivity index (χ3n) is 6.18. The van der Waals surface area contributed by atoms with E-state index in [1.54, 1.807) is 60.9 Å². The van der Waals surface area contributed by atoms with Gasteiger partial charge in [-0.15, -0.1) is 0 Å². The number of aliphatic hydroxyl groups excluding tert-OH is 1. The van der Waals surface area contributed by atoms with Crippen LogP contribution in [0.1, 0.15) is 22.7 Å². The summed E-state index contributed by atoms with van der Waals surface area (Å²) in [6.07, 6.45) is 3.24. The lowest BCUT2D eigenvalue weighted by Crippen LogP contribution is -2.29. The summed E-state index contributed by atoms with van der Waals surface area (Å²) in [5.74, 6) is 0.138. The summed E-state index contributed by atoms with van der Waals surface area (Å²) in [7, 11) is 3.03. The number of nitrogens with zero attached hydrogens (tertiary/aromatic N) is 2. The number of Topliss-reactive ketones (excluding diaryl/α,β-unsaturated/α-hetero) is 1. The van der Waals surface area contributed by atoms with Gasteiger partial charge in [0.25, 0.3) is 11.7 Å². The van der Waals surface area contributed by atoms with Gasteiger partial charge in [-0.05, 0) is 53.6 Å². The van der Waals surface area contributed by atoms with Crippen LogP contribution in [0.15, 0.2) is 66.5 Å². The van der Waals surface area contributed by atoms with Crippen LogP contribution in [0, 0.1) is 0 Å². The molecule has 9 heteroatoms. The first-order valence-corrected chi connectivity index (χ1v) is 11.3. The molecule has 1 unspecified atom stereocenters. The van der Waals surface area contributed by atoms with E-state index in [0.717, 1.165) is 5.56 Å². The van der Waals surface area contributed by atoms with Gasteiger partial charge in [0.15, 0.2) is 23.0 Å². The second-order valence-corrected chi connectivity index (χ2v) is 8.26. The van der Waals surface area contributed by atoms with E-state index in [1.807, 2.05) is 0 Å². The number of pyridine rings is 1. The summed E-state index contributed by atoms with van der Waals surface area (Å²) in [4.78, 5) is 32.1. The number of aromatic nitrogens is 1. The zero-order valence-electron chi connectivity index (χ0n) is 19.8. The Morgan fingerprint density at radius 3 is 2.42 bits per heavy atom. The lowest BCUT2D eigenvalue weighted by Gasteiger charge is -2.26. The molecule has 1 N–H and O–H groups in total. The van der Waals surface area contributed by atoms with Crippen molar-refractivity contribution >= 4 is 17.4 Å². The fourth-order valence-corrected chi connectivity index (χ4v) is 4.44. The zero-order valence-corrected chi connectivity index (χ0v) is 19.8. The van der Waals surface area contributed by atoms with Crippen molar-refractivity contribution in [3.63, 3.8) is 0 Å². The van der Waals surface area contributed by atoms with Gasteiger partial charge in [0.1, 0.15) is 19.0 Å². The Labute approximate surface area is 207 Å². The van der Waals surface area contributed by atoms with Gasteiger partial charge in [-0.2, -0.15) is 0 Å². The monoisotopic (exact) mass is 488 g/mol. The molecule has 1 atom stereocenters. The van der Waals surface area contributed by atoms with Crippen molar-refractivity contribution in [1.82, 2.24) is 9.88 Å². The SMILES string of the molecule is COc1ccc(C2/C(=C(\O)c3ccc4c(c3)OCCO4)C(=O)C(=O)N2Cc2ccncc2)cc1OC. The predicted octanol–water partition coefficient (Wildman–Crippen LogP) is 3.49. The first-order valence-electron chi connectivity index (χ1n) is 11.3. The highest BCUT2D eigenvalue weighted by molar-refractivity contribution is 6.46. The number of carbonyl (C=O) groups excluding carboxylic acids is 2. The minimum Gasteiger partial charge on any atom is -0.507 e. The number of fused-ring (bicyclic) bond motifs is 1. The number of likely N-dealkylation sites (tertiary alicyclic amines) is 1. The molecule has 2 aromatic carbocycles. The molecule has 1 amide bonds. The van der Waals surface area contributed by atoms with Gasteiger partial charge in [-0.3, -0.25) is 14.6 Å². The average molecular weight is 488 g/mol. The average Bonchev–Trinajstić information content (AvgIpc) is 3.17. The van der Waals surface area contributed by atoms with Crippen LogP contribution in [-0.4, -0.2) is 54.1 Å². The van der Waals surface area contributed by atoms with E-state index >= 15 is 0 Å². The normalized spacial score (nSPS) is 18.3. The lowest BCUT2D eigenvalue weighted by atomic mass is 9.94. The van der Waals surface area contributed by atoms with Gasteiger partial charge in [0, 0.05) is 24.5 Å². The van der Waals surface area contributed by atoms with Crippen molar-refractivity contribution < 1.29 is 33.6 Å². The molecule has 3 aromatic rings. The number of hydrogen-bond acceptors (Lipinski definition) is 8. The number of rotatable bonds is 6. The molecule has 3 heterocycles. The molecule has 36 heavy (non-hydrogen) atoms. The Morgan fingerprint density at radius 2 is 1.69 bits per heavy atom. The van der Waals surface area contributed by atoms with Crippen LogP contribution in [0.3, 0.4) is 0 Å². The van der Waals surface area contributed by atoms with Crippen molar-refractivity contribution in [2.45, 2.75) is 12.6 Å². The largest absolute Gasteiger partial charge is 0.507 e. The van der Waals surface area contributed by atoms with Gasteiger partial charge >= 0.3 is 0 Å². The van der Waals surface area contributed by atoms with Crippen LogP contribution in [-0.2, 0) is 16.1 Å². The molecule has 2 aliphatic heterocycles. The van der Waals surface area contributed by atoms with Gasteiger partial charge in [-0.1, -0.05) is 6.07 Å². The second-order valence-electron chi connectivity index (χ2n) is 8.26. The Morgan fingerprint density at radius 1 is 0.972 bits per heavy atom. The fourth-order valence-electron chi connectivity index (χ4n) is 4.44. The van der Waals surface area contributed by atoms with Crippen molar-refractivity contribution in [3.05, 3.63) is 83.2 Å². The highest BCUT2D eigenvalue weighted by Gasteiger charge is 2.46. The maximum Gasteiger partial charge on any atom is 0.295 e. The highest BCUT2D eigenvalue weighted by atomic mass is 16.6. The number of methoxy groups -OCH3 is 2. The van der Waals surface area contributed by atoms with Crippen molar-refractivity contribution in [3.8, 4) is 23.0 Å². The van der Waals surface area contributed by atoms with E-state index in [9.17, 15) is 14.7 Å². The number of ketones is 1. The Balaban J connectivity index is 1.65. The summed E-state index contributed by atoms with van der Waals surface area (Å²) < 4.78 is 22.0.